The molecule has 0 bridgehead atoms. The molecule has 0 aliphatic heterocycles. The van der Waals surface area contributed by atoms with Crippen LogP contribution in [0.3, 0.4) is 0 Å². The fraction of sp³-hybridized carbons (Fsp3) is 0. The zero-order valence-electron chi connectivity index (χ0n) is 36.9. The molecule has 0 saturated heterocycles. The van der Waals surface area contributed by atoms with Crippen molar-refractivity contribution in [1.29, 1.82) is 0 Å². The second-order valence-electron chi connectivity index (χ2n) is 17.2. The fourth-order valence-corrected chi connectivity index (χ4v) is 10.1. The number of rotatable bonds is 8. The molecule has 0 amide bonds. The van der Waals surface area contributed by atoms with Crippen LogP contribution in [-0.2, 0) is 0 Å². The lowest BCUT2D eigenvalue weighted by Crippen LogP contribution is -2.07. The quantitative estimate of drug-likeness (QED) is 0.153. The largest absolute Gasteiger partial charge is 0.307 e. The van der Waals surface area contributed by atoms with Crippen LogP contribution in [0.2, 0.25) is 0 Å². The Labute approximate surface area is 393 Å². The van der Waals surface area contributed by atoms with Crippen molar-refractivity contribution in [2.75, 3.05) is 0 Å². The molecule has 5 heteroatoms. The Balaban J connectivity index is 1.08. The van der Waals surface area contributed by atoms with Crippen molar-refractivity contribution >= 4 is 43.6 Å². The van der Waals surface area contributed by atoms with Gasteiger partial charge in [-0.05, 0) is 63.2 Å². The van der Waals surface area contributed by atoms with E-state index in [2.05, 4.69) is 234 Å². The van der Waals surface area contributed by atoms with Crippen LogP contribution in [0.25, 0.3) is 123 Å². The molecule has 0 atom stereocenters. The van der Waals surface area contributed by atoms with Crippen LogP contribution in [0.5, 0.6) is 0 Å². The summed E-state index contributed by atoms with van der Waals surface area (Å²) in [5.41, 5.74) is 16.4. The molecule has 13 rings (SSSR count). The first-order valence-electron chi connectivity index (χ1n) is 23.0. The molecule has 0 N–H and O–H groups in total. The summed E-state index contributed by atoms with van der Waals surface area (Å²) in [7, 11) is 0. The van der Waals surface area contributed by atoms with Crippen molar-refractivity contribution in [2.24, 2.45) is 0 Å². The standard InChI is InChI=1S/C63H41N5/c1-4-19-42(20-5-1)44-35-37-45(38-36-44)49-27-10-11-28-50(49)51-29-12-15-32-56(51)67-57-33-16-13-30-52(57)54-39-40-55-53-31-14-17-34-58(53)68(60(55)59(54)67)63-65-61(46-23-8-3-9-24-46)64-62(66-63)48-26-18-25-47(41-48)43-21-6-2-7-22-43/h1-41H. The number of aromatic nitrogens is 5. The molecule has 68 heavy (non-hydrogen) atoms. The number of benzene rings is 10. The Morgan fingerprint density at radius 3 is 1.35 bits per heavy atom. The molecule has 0 radical (unpaired) electrons. The van der Waals surface area contributed by atoms with Crippen molar-refractivity contribution in [3.05, 3.63) is 249 Å². The van der Waals surface area contributed by atoms with Gasteiger partial charge in [0.25, 0.3) is 0 Å². The van der Waals surface area contributed by atoms with Gasteiger partial charge in [0, 0.05) is 38.2 Å². The van der Waals surface area contributed by atoms with Crippen LogP contribution < -0.4 is 0 Å². The van der Waals surface area contributed by atoms with Crippen molar-refractivity contribution in [3.63, 3.8) is 0 Å². The molecular formula is C63H41N5. The molecule has 318 valence electrons. The van der Waals surface area contributed by atoms with Crippen LogP contribution in [-0.4, -0.2) is 24.1 Å². The summed E-state index contributed by atoms with van der Waals surface area (Å²) in [4.78, 5) is 16.0. The molecule has 3 aromatic heterocycles. The molecule has 0 fully saturated rings. The topological polar surface area (TPSA) is 48.5 Å². The summed E-state index contributed by atoms with van der Waals surface area (Å²) in [6, 6.07) is 88.2. The van der Waals surface area contributed by atoms with E-state index in [1.807, 2.05) is 24.3 Å². The Morgan fingerprint density at radius 2 is 0.691 bits per heavy atom. The molecule has 0 aliphatic carbocycles. The van der Waals surface area contributed by atoms with E-state index in [-0.39, 0.29) is 0 Å². The van der Waals surface area contributed by atoms with E-state index in [0.29, 0.717) is 17.6 Å². The van der Waals surface area contributed by atoms with Crippen LogP contribution in [0, 0.1) is 0 Å². The van der Waals surface area contributed by atoms with Gasteiger partial charge in [0.1, 0.15) is 0 Å². The zero-order valence-corrected chi connectivity index (χ0v) is 36.9. The van der Waals surface area contributed by atoms with E-state index in [1.54, 1.807) is 0 Å². The molecule has 0 unspecified atom stereocenters. The Bertz CT molecular complexity index is 4000. The highest BCUT2D eigenvalue weighted by atomic mass is 15.2. The average molecular weight is 868 g/mol. The van der Waals surface area contributed by atoms with Gasteiger partial charge in [-0.1, -0.05) is 224 Å². The van der Waals surface area contributed by atoms with Crippen LogP contribution in [0.15, 0.2) is 249 Å². The molecule has 0 saturated carbocycles. The van der Waals surface area contributed by atoms with Gasteiger partial charge in [-0.25, -0.2) is 4.98 Å². The maximum Gasteiger partial charge on any atom is 0.238 e. The summed E-state index contributed by atoms with van der Waals surface area (Å²) >= 11 is 0. The maximum atomic E-state index is 5.44. The number of fused-ring (bicyclic) bond motifs is 7. The minimum atomic E-state index is 0.548. The number of hydrogen-bond donors (Lipinski definition) is 0. The third kappa shape index (κ3) is 6.59. The van der Waals surface area contributed by atoms with Crippen molar-refractivity contribution in [3.8, 4) is 78.9 Å². The van der Waals surface area contributed by atoms with E-state index in [9.17, 15) is 0 Å². The van der Waals surface area contributed by atoms with Gasteiger partial charge < -0.3 is 4.57 Å². The van der Waals surface area contributed by atoms with Gasteiger partial charge in [0.05, 0.1) is 27.8 Å². The second kappa shape index (κ2) is 16.4. The molecule has 0 aliphatic rings. The zero-order chi connectivity index (χ0) is 45.0. The van der Waals surface area contributed by atoms with Crippen LogP contribution in [0.4, 0.5) is 0 Å². The van der Waals surface area contributed by atoms with E-state index < -0.39 is 0 Å². The first-order chi connectivity index (χ1) is 33.7. The molecule has 10 aromatic carbocycles. The lowest BCUT2D eigenvalue weighted by Gasteiger charge is -2.18. The van der Waals surface area contributed by atoms with Crippen LogP contribution >= 0.6 is 0 Å². The van der Waals surface area contributed by atoms with Gasteiger partial charge in [0.15, 0.2) is 11.6 Å². The van der Waals surface area contributed by atoms with E-state index in [0.717, 1.165) is 82.9 Å². The van der Waals surface area contributed by atoms with Gasteiger partial charge in [-0.15, -0.1) is 0 Å². The number of hydrogen-bond acceptors (Lipinski definition) is 3. The third-order valence-electron chi connectivity index (χ3n) is 13.2. The van der Waals surface area contributed by atoms with E-state index in [4.69, 9.17) is 15.0 Å². The predicted molar refractivity (Wildman–Crippen MR) is 281 cm³/mol. The predicted octanol–water partition coefficient (Wildman–Crippen LogP) is 16.1. The normalized spacial score (nSPS) is 11.5. The Morgan fingerprint density at radius 1 is 0.250 bits per heavy atom. The highest BCUT2D eigenvalue weighted by Gasteiger charge is 2.25. The first kappa shape index (κ1) is 39.2. The van der Waals surface area contributed by atoms with Gasteiger partial charge in [0.2, 0.25) is 5.95 Å². The van der Waals surface area contributed by atoms with E-state index >= 15 is 0 Å². The number of nitrogens with zero attached hydrogens (tertiary/aromatic N) is 5. The summed E-state index contributed by atoms with van der Waals surface area (Å²) in [5.74, 6) is 1.75. The minimum Gasteiger partial charge on any atom is -0.307 e. The monoisotopic (exact) mass is 867 g/mol. The van der Waals surface area contributed by atoms with Crippen molar-refractivity contribution in [1.82, 2.24) is 24.1 Å². The van der Waals surface area contributed by atoms with Crippen LogP contribution in [0.1, 0.15) is 0 Å². The number of para-hydroxylation sites is 3. The Hall–Kier alpha value is -9.19. The first-order valence-corrected chi connectivity index (χ1v) is 23.0. The minimum absolute atomic E-state index is 0.548. The molecular weight excluding hydrogens is 827 g/mol. The molecule has 0 spiro atoms. The molecule has 5 nitrogen and oxygen atoms in total. The lowest BCUT2D eigenvalue weighted by molar-refractivity contribution is 0.953. The summed E-state index contributed by atoms with van der Waals surface area (Å²) in [6.45, 7) is 0. The highest BCUT2D eigenvalue weighted by Crippen LogP contribution is 2.44. The van der Waals surface area contributed by atoms with Gasteiger partial charge >= 0.3 is 0 Å². The maximum absolute atomic E-state index is 5.44. The smallest absolute Gasteiger partial charge is 0.238 e. The lowest BCUT2D eigenvalue weighted by atomic mass is 9.92. The van der Waals surface area contributed by atoms with Gasteiger partial charge in [-0.2, -0.15) is 9.97 Å². The highest BCUT2D eigenvalue weighted by molar-refractivity contribution is 6.24. The fourth-order valence-electron chi connectivity index (χ4n) is 10.1. The third-order valence-corrected chi connectivity index (χ3v) is 13.2. The summed E-state index contributed by atoms with van der Waals surface area (Å²) in [6.07, 6.45) is 0. The molecule has 13 aromatic rings. The van der Waals surface area contributed by atoms with E-state index in [1.165, 1.54) is 22.1 Å². The van der Waals surface area contributed by atoms with Crippen molar-refractivity contribution in [2.45, 2.75) is 0 Å². The molecule has 3 heterocycles. The average Bonchev–Trinajstić information content (AvgIpc) is 3.95. The second-order valence-corrected chi connectivity index (χ2v) is 17.2. The summed E-state index contributed by atoms with van der Waals surface area (Å²) in [5, 5.41) is 4.54. The SMILES string of the molecule is c1ccc(-c2ccc(-c3ccccc3-c3ccccc3-n3c4ccccc4c4ccc5c6ccccc6n(-c6nc(-c7ccccc7)nc(-c7cccc(-c8ccccc8)c7)n6)c5c43)cc2)cc1. The van der Waals surface area contributed by atoms with Gasteiger partial charge in [-0.3, -0.25) is 4.57 Å². The van der Waals surface area contributed by atoms with Crippen molar-refractivity contribution < 1.29 is 0 Å². The Kier molecular flexibility index (Phi) is 9.43. The summed E-state index contributed by atoms with van der Waals surface area (Å²) < 4.78 is 4.74.